The van der Waals surface area contributed by atoms with Crippen LogP contribution < -0.4 is 16.6 Å². The Morgan fingerprint density at radius 3 is 2.77 bits per heavy atom. The summed E-state index contributed by atoms with van der Waals surface area (Å²) in [5.74, 6) is -0.290. The SMILES string of the molecule is CN=C(N=CN)[C@H]1c2n[nH]c(=O)c3cc(F)cc(c23)N[C@@H]1CC(C)(C)C. The second-order valence-electron chi connectivity index (χ2n) is 7.67. The van der Waals surface area contributed by atoms with E-state index in [0.29, 0.717) is 22.6 Å². The molecule has 8 heteroatoms. The second-order valence-corrected chi connectivity index (χ2v) is 7.67. The van der Waals surface area contributed by atoms with Crippen molar-refractivity contribution in [1.82, 2.24) is 10.2 Å². The Morgan fingerprint density at radius 1 is 1.42 bits per heavy atom. The van der Waals surface area contributed by atoms with Crippen molar-refractivity contribution < 1.29 is 4.39 Å². The molecule has 0 fully saturated rings. The van der Waals surface area contributed by atoms with Gasteiger partial charge in [-0.25, -0.2) is 14.5 Å². The van der Waals surface area contributed by atoms with Crippen LogP contribution in [0.4, 0.5) is 10.1 Å². The molecule has 1 aliphatic rings. The normalized spacial score (nSPS) is 20.6. The average molecular weight is 358 g/mol. The standard InChI is InChI=1S/C18H23FN6O/c1-18(2,3)7-12-14(16(21-4)22-8-20)15-13-10(17(26)25-24-15)5-9(19)6-11(13)23-12/h5-6,8,12,14,23H,7H2,1-4H3,(H,25,26)(H2,20,21,22)/t12-,14-/m1/s1. The van der Waals surface area contributed by atoms with Gasteiger partial charge in [0.25, 0.3) is 5.56 Å². The first-order chi connectivity index (χ1) is 12.2. The Bertz CT molecular complexity index is 957. The average Bonchev–Trinajstić information content (AvgIpc) is 2.54. The van der Waals surface area contributed by atoms with Crippen LogP contribution in [0, 0.1) is 11.2 Å². The fourth-order valence-electron chi connectivity index (χ4n) is 3.59. The molecule has 26 heavy (non-hydrogen) atoms. The highest BCUT2D eigenvalue weighted by molar-refractivity contribution is 6.04. The van der Waals surface area contributed by atoms with Crippen LogP contribution in [0.2, 0.25) is 0 Å². The number of nitrogens with zero attached hydrogens (tertiary/aromatic N) is 3. The number of rotatable bonds is 2. The summed E-state index contributed by atoms with van der Waals surface area (Å²) < 4.78 is 14.1. The van der Waals surface area contributed by atoms with Crippen LogP contribution >= 0.6 is 0 Å². The molecule has 4 N–H and O–H groups in total. The Labute approximate surface area is 150 Å². The van der Waals surface area contributed by atoms with Crippen LogP contribution in [0.3, 0.4) is 0 Å². The lowest BCUT2D eigenvalue weighted by molar-refractivity contribution is 0.340. The van der Waals surface area contributed by atoms with Gasteiger partial charge in [0.05, 0.1) is 23.3 Å². The predicted molar refractivity (Wildman–Crippen MR) is 103 cm³/mol. The Kier molecular flexibility index (Phi) is 4.52. The highest BCUT2D eigenvalue weighted by atomic mass is 19.1. The fraction of sp³-hybridized carbons (Fsp3) is 0.444. The maximum absolute atomic E-state index is 14.1. The molecule has 2 atom stereocenters. The Hall–Kier alpha value is -2.77. The number of anilines is 1. The van der Waals surface area contributed by atoms with E-state index in [1.807, 2.05) is 0 Å². The van der Waals surface area contributed by atoms with Crippen molar-refractivity contribution in [3.8, 4) is 0 Å². The summed E-state index contributed by atoms with van der Waals surface area (Å²) in [4.78, 5) is 20.6. The number of H-pyrrole nitrogens is 1. The van der Waals surface area contributed by atoms with Gasteiger partial charge in [-0.1, -0.05) is 20.8 Å². The van der Waals surface area contributed by atoms with E-state index in [9.17, 15) is 9.18 Å². The van der Waals surface area contributed by atoms with Crippen LogP contribution in [0.25, 0.3) is 10.8 Å². The topological polar surface area (TPSA) is 109 Å². The number of halogens is 1. The van der Waals surface area contributed by atoms with Crippen LogP contribution in [0.5, 0.6) is 0 Å². The first kappa shape index (κ1) is 18.0. The quantitative estimate of drug-likeness (QED) is 0.566. The van der Waals surface area contributed by atoms with Crippen molar-refractivity contribution in [2.45, 2.75) is 39.2 Å². The van der Waals surface area contributed by atoms with E-state index in [4.69, 9.17) is 5.73 Å². The fourth-order valence-corrected chi connectivity index (χ4v) is 3.59. The van der Waals surface area contributed by atoms with Crippen molar-refractivity contribution >= 4 is 28.6 Å². The van der Waals surface area contributed by atoms with Crippen molar-refractivity contribution in [3.05, 3.63) is 34.0 Å². The summed E-state index contributed by atoms with van der Waals surface area (Å²) in [6, 6.07) is 2.49. The lowest BCUT2D eigenvalue weighted by Gasteiger charge is -2.37. The summed E-state index contributed by atoms with van der Waals surface area (Å²) in [5.41, 5.74) is 6.24. The molecular weight excluding hydrogens is 335 g/mol. The number of benzene rings is 1. The molecule has 0 bridgehead atoms. The number of aliphatic imine (C=N–C) groups is 2. The molecule has 0 saturated carbocycles. The van der Waals surface area contributed by atoms with Crippen LogP contribution in [0.1, 0.15) is 38.8 Å². The molecule has 7 nitrogen and oxygen atoms in total. The van der Waals surface area contributed by atoms with E-state index in [1.54, 1.807) is 7.05 Å². The molecule has 0 amide bonds. The van der Waals surface area contributed by atoms with Crippen molar-refractivity contribution in [1.29, 1.82) is 0 Å². The summed E-state index contributed by atoms with van der Waals surface area (Å²) >= 11 is 0. The van der Waals surface area contributed by atoms with Gasteiger partial charge in [0.2, 0.25) is 0 Å². The minimum atomic E-state index is -0.472. The third-order valence-electron chi connectivity index (χ3n) is 4.47. The van der Waals surface area contributed by atoms with Gasteiger partial charge in [-0.2, -0.15) is 5.10 Å². The highest BCUT2D eigenvalue weighted by Crippen LogP contribution is 2.41. The molecule has 0 spiro atoms. The minimum absolute atomic E-state index is 0.00662. The first-order valence-electron chi connectivity index (χ1n) is 8.44. The molecule has 0 unspecified atom stereocenters. The largest absolute Gasteiger partial charge is 0.390 e. The summed E-state index contributed by atoms with van der Waals surface area (Å²) in [6.07, 6.45) is 1.95. The Balaban J connectivity index is 2.29. The maximum Gasteiger partial charge on any atom is 0.272 e. The van der Waals surface area contributed by atoms with Crippen LogP contribution in [0.15, 0.2) is 26.9 Å². The Morgan fingerprint density at radius 2 is 2.15 bits per heavy atom. The molecular formula is C18H23FN6O. The van der Waals surface area contributed by atoms with Crippen molar-refractivity contribution in [2.24, 2.45) is 21.1 Å². The number of aromatic amines is 1. The van der Waals surface area contributed by atoms with Gasteiger partial charge in [-0.05, 0) is 24.0 Å². The number of amidine groups is 1. The minimum Gasteiger partial charge on any atom is -0.390 e. The molecule has 1 aromatic carbocycles. The van der Waals surface area contributed by atoms with Gasteiger partial charge in [-0.3, -0.25) is 9.79 Å². The number of hydrogen-bond donors (Lipinski definition) is 3. The summed E-state index contributed by atoms with van der Waals surface area (Å²) in [7, 11) is 1.64. The predicted octanol–water partition coefficient (Wildman–Crippen LogP) is 2.39. The third-order valence-corrected chi connectivity index (χ3v) is 4.47. The monoisotopic (exact) mass is 358 g/mol. The van der Waals surface area contributed by atoms with E-state index in [2.05, 4.69) is 46.3 Å². The van der Waals surface area contributed by atoms with E-state index in [-0.39, 0.29) is 22.8 Å². The molecule has 0 aliphatic carbocycles. The zero-order valence-corrected chi connectivity index (χ0v) is 15.3. The summed E-state index contributed by atoms with van der Waals surface area (Å²) in [5, 5.41) is 11.0. The smallest absolute Gasteiger partial charge is 0.272 e. The number of nitrogens with one attached hydrogen (secondary N) is 2. The first-order valence-corrected chi connectivity index (χ1v) is 8.44. The van der Waals surface area contributed by atoms with Gasteiger partial charge in [-0.15, -0.1) is 0 Å². The molecule has 1 aliphatic heterocycles. The van der Waals surface area contributed by atoms with E-state index < -0.39 is 11.4 Å². The molecule has 2 heterocycles. The lowest BCUT2D eigenvalue weighted by atomic mass is 9.78. The van der Waals surface area contributed by atoms with Gasteiger partial charge >= 0.3 is 0 Å². The molecule has 3 rings (SSSR count). The highest BCUT2D eigenvalue weighted by Gasteiger charge is 2.38. The molecule has 1 aromatic heterocycles. The van der Waals surface area contributed by atoms with E-state index >= 15 is 0 Å². The number of aromatic nitrogens is 2. The van der Waals surface area contributed by atoms with Gasteiger partial charge in [0, 0.05) is 24.2 Å². The maximum atomic E-state index is 14.1. The number of hydrogen-bond acceptors (Lipinski definition) is 4. The molecule has 2 aromatic rings. The van der Waals surface area contributed by atoms with E-state index in [0.717, 1.165) is 6.42 Å². The van der Waals surface area contributed by atoms with Crippen LogP contribution in [-0.4, -0.2) is 35.5 Å². The van der Waals surface area contributed by atoms with E-state index in [1.165, 1.54) is 18.5 Å². The number of nitrogens with two attached hydrogens (primary N) is 1. The zero-order valence-electron chi connectivity index (χ0n) is 15.3. The van der Waals surface area contributed by atoms with Crippen molar-refractivity contribution in [2.75, 3.05) is 12.4 Å². The second kappa shape index (κ2) is 6.51. The third kappa shape index (κ3) is 3.18. The lowest BCUT2D eigenvalue weighted by Crippen LogP contribution is -2.39. The van der Waals surface area contributed by atoms with Gasteiger partial charge < -0.3 is 11.1 Å². The van der Waals surface area contributed by atoms with Gasteiger partial charge in [0.1, 0.15) is 11.7 Å². The molecule has 0 radical (unpaired) electrons. The summed E-state index contributed by atoms with van der Waals surface area (Å²) in [6.45, 7) is 6.37. The van der Waals surface area contributed by atoms with Gasteiger partial charge in [0.15, 0.2) is 0 Å². The zero-order chi connectivity index (χ0) is 19.1. The van der Waals surface area contributed by atoms with Crippen LogP contribution in [-0.2, 0) is 0 Å². The molecule has 0 saturated heterocycles. The molecule has 138 valence electrons. The van der Waals surface area contributed by atoms with Crippen molar-refractivity contribution in [3.63, 3.8) is 0 Å².